The Bertz CT molecular complexity index is 1730. The predicted octanol–water partition coefficient (Wildman–Crippen LogP) is 3.17. The number of morpholine rings is 1. The highest BCUT2D eigenvalue weighted by Crippen LogP contribution is 2.43. The van der Waals surface area contributed by atoms with Crippen molar-refractivity contribution in [2.75, 3.05) is 67.0 Å². The number of allylic oxidation sites excluding steroid dienone is 2. The Labute approximate surface area is 280 Å². The molecule has 0 amide bonds. The molecule has 1 N–H and O–H groups in total. The number of dihydropyridines is 1. The maximum absolute atomic E-state index is 13.8. The first kappa shape index (κ1) is 35.0. The molecule has 1 saturated heterocycles. The van der Waals surface area contributed by atoms with Gasteiger partial charge in [0, 0.05) is 56.0 Å². The average molecular weight is 681 g/mol. The van der Waals surface area contributed by atoms with Crippen molar-refractivity contribution in [3.05, 3.63) is 88.9 Å². The first-order chi connectivity index (χ1) is 23.2. The number of ether oxygens (including phenoxy) is 5. The largest absolute Gasteiger partial charge is 0.460 e. The lowest BCUT2D eigenvalue weighted by atomic mass is 9.79. The molecule has 3 aromatic rings. The van der Waals surface area contributed by atoms with E-state index < -0.39 is 27.9 Å². The third-order valence-corrected chi connectivity index (χ3v) is 9.96. The van der Waals surface area contributed by atoms with Crippen LogP contribution in [0.15, 0.2) is 88.2 Å². The Kier molecular flexibility index (Phi) is 11.4. The number of carbonyl (C=O) groups is 2. The van der Waals surface area contributed by atoms with Crippen LogP contribution < -0.4 is 5.32 Å². The molecule has 256 valence electrons. The molecule has 14 heteroatoms. The van der Waals surface area contributed by atoms with E-state index in [1.54, 1.807) is 36.9 Å². The number of hydrogen-bond donors (Lipinski definition) is 1. The lowest BCUT2D eigenvalue weighted by Crippen LogP contribution is -2.40. The summed E-state index contributed by atoms with van der Waals surface area (Å²) in [5.41, 5.74) is 3.67. The number of benzene rings is 2. The van der Waals surface area contributed by atoms with Crippen molar-refractivity contribution in [3.63, 3.8) is 0 Å². The average Bonchev–Trinajstić information content (AvgIpc) is 3.54. The Balaban J connectivity index is 1.66. The maximum Gasteiger partial charge on any atom is 0.336 e. The van der Waals surface area contributed by atoms with E-state index >= 15 is 0 Å². The van der Waals surface area contributed by atoms with Gasteiger partial charge < -0.3 is 29.0 Å². The fraction of sp³-hybridized carbons (Fsp3) is 0.382. The number of carbonyl (C=O) groups excluding carboxylic acids is 2. The normalized spacial score (nSPS) is 16.2. The highest BCUT2D eigenvalue weighted by atomic mass is 32.2. The van der Waals surface area contributed by atoms with Crippen molar-refractivity contribution in [1.82, 2.24) is 19.4 Å². The summed E-state index contributed by atoms with van der Waals surface area (Å²) in [6.07, 6.45) is 1.77. The van der Waals surface area contributed by atoms with Gasteiger partial charge >= 0.3 is 11.9 Å². The van der Waals surface area contributed by atoms with Gasteiger partial charge in [-0.2, -0.15) is 9.40 Å². The number of para-hydroxylation sites is 1. The van der Waals surface area contributed by atoms with Gasteiger partial charge in [0.05, 0.1) is 59.8 Å². The molecule has 48 heavy (non-hydrogen) atoms. The zero-order chi connectivity index (χ0) is 34.3. The van der Waals surface area contributed by atoms with E-state index in [-0.39, 0.29) is 55.6 Å². The van der Waals surface area contributed by atoms with Crippen LogP contribution in [0.5, 0.6) is 0 Å². The van der Waals surface area contributed by atoms with E-state index in [9.17, 15) is 18.0 Å². The minimum absolute atomic E-state index is 0.00433. The lowest BCUT2D eigenvalue weighted by Gasteiger charge is -2.30. The Morgan fingerprint density at radius 2 is 1.42 bits per heavy atom. The summed E-state index contributed by atoms with van der Waals surface area (Å²) in [5.74, 6) is -2.23. The Morgan fingerprint density at radius 1 is 0.854 bits per heavy atom. The van der Waals surface area contributed by atoms with Gasteiger partial charge in [0.15, 0.2) is 0 Å². The molecule has 0 saturated carbocycles. The summed E-state index contributed by atoms with van der Waals surface area (Å²) < 4.78 is 56.5. The summed E-state index contributed by atoms with van der Waals surface area (Å²) in [5, 5.41) is 8.09. The molecule has 0 unspecified atom stereocenters. The molecule has 0 atom stereocenters. The molecule has 2 aliphatic heterocycles. The van der Waals surface area contributed by atoms with Crippen LogP contribution in [0.1, 0.15) is 25.3 Å². The van der Waals surface area contributed by atoms with Gasteiger partial charge in [-0.3, -0.25) is 0 Å². The van der Waals surface area contributed by atoms with Crippen LogP contribution in [0.3, 0.4) is 0 Å². The third-order valence-electron chi connectivity index (χ3n) is 8.05. The zero-order valence-electron chi connectivity index (χ0n) is 27.4. The van der Waals surface area contributed by atoms with Crippen LogP contribution in [0.25, 0.3) is 16.9 Å². The summed E-state index contributed by atoms with van der Waals surface area (Å²) in [6.45, 7) is 5.08. The van der Waals surface area contributed by atoms with Crippen LogP contribution in [0.2, 0.25) is 0 Å². The fourth-order valence-electron chi connectivity index (χ4n) is 5.69. The van der Waals surface area contributed by atoms with E-state index in [4.69, 9.17) is 28.8 Å². The quantitative estimate of drug-likeness (QED) is 0.210. The van der Waals surface area contributed by atoms with E-state index in [0.29, 0.717) is 41.4 Å². The topological polar surface area (TPSA) is 148 Å². The summed E-state index contributed by atoms with van der Waals surface area (Å²) in [6, 6.07) is 15.8. The van der Waals surface area contributed by atoms with Gasteiger partial charge in [-0.05, 0) is 38.1 Å². The molecule has 5 rings (SSSR count). The van der Waals surface area contributed by atoms with Crippen molar-refractivity contribution in [2.45, 2.75) is 24.7 Å². The Hall–Kier alpha value is -4.34. The number of nitrogens with one attached hydrogen (secondary N) is 1. The van der Waals surface area contributed by atoms with Gasteiger partial charge in [0.2, 0.25) is 10.0 Å². The highest BCUT2D eigenvalue weighted by Gasteiger charge is 2.40. The number of aromatic nitrogens is 2. The zero-order valence-corrected chi connectivity index (χ0v) is 28.2. The summed E-state index contributed by atoms with van der Waals surface area (Å²) >= 11 is 0. The second-order valence-corrected chi connectivity index (χ2v) is 13.1. The van der Waals surface area contributed by atoms with Crippen LogP contribution in [0, 0.1) is 0 Å². The van der Waals surface area contributed by atoms with Crippen molar-refractivity contribution >= 4 is 22.0 Å². The number of rotatable bonds is 13. The van der Waals surface area contributed by atoms with Crippen LogP contribution in [-0.2, 0) is 43.3 Å². The molecule has 1 fully saturated rings. The molecule has 2 aromatic carbocycles. The van der Waals surface area contributed by atoms with Crippen molar-refractivity contribution in [2.24, 2.45) is 0 Å². The van der Waals surface area contributed by atoms with Crippen molar-refractivity contribution in [1.29, 1.82) is 0 Å². The van der Waals surface area contributed by atoms with E-state index in [0.717, 1.165) is 5.69 Å². The number of sulfonamides is 1. The van der Waals surface area contributed by atoms with Crippen LogP contribution >= 0.6 is 0 Å². The van der Waals surface area contributed by atoms with E-state index in [1.807, 2.05) is 30.3 Å². The summed E-state index contributed by atoms with van der Waals surface area (Å²) in [4.78, 5) is 27.6. The van der Waals surface area contributed by atoms with Gasteiger partial charge in [0.1, 0.15) is 13.2 Å². The smallest absolute Gasteiger partial charge is 0.336 e. The molecular formula is C34H40N4O9S. The lowest BCUT2D eigenvalue weighted by molar-refractivity contribution is -0.141. The monoisotopic (exact) mass is 680 g/mol. The molecule has 0 aliphatic carbocycles. The third kappa shape index (κ3) is 7.53. The molecule has 13 nitrogen and oxygen atoms in total. The van der Waals surface area contributed by atoms with Crippen LogP contribution in [0.4, 0.5) is 0 Å². The SMILES string of the molecule is COCCOC(=O)C1=C(C)NC(C)=C(C(=O)OCCOC)C1c1cn(-c2ccccc2)nc1-c1ccc(S(=O)(=O)N2CCOCC2)cc1. The van der Waals surface area contributed by atoms with Gasteiger partial charge in [0.25, 0.3) is 0 Å². The van der Waals surface area contributed by atoms with Gasteiger partial charge in [-0.25, -0.2) is 22.7 Å². The molecular weight excluding hydrogens is 640 g/mol. The second-order valence-electron chi connectivity index (χ2n) is 11.1. The molecule has 0 bridgehead atoms. The standard InChI is InChI=1S/C34H40N4O9S/c1-23-29(33(39)46-20-18-43-3)31(30(24(2)35-23)34(40)47-21-19-44-4)28-22-38(26-8-6-5-7-9-26)36-32(28)25-10-12-27(13-11-25)48(41,42)37-14-16-45-17-15-37/h5-13,22,31,35H,14-21H2,1-4H3. The Morgan fingerprint density at radius 3 is 1.96 bits per heavy atom. The fourth-order valence-corrected chi connectivity index (χ4v) is 7.10. The maximum atomic E-state index is 13.8. The van der Waals surface area contributed by atoms with Gasteiger partial charge in [-0.1, -0.05) is 30.3 Å². The minimum atomic E-state index is -3.74. The van der Waals surface area contributed by atoms with E-state index in [2.05, 4.69) is 5.32 Å². The first-order valence-electron chi connectivity index (χ1n) is 15.5. The molecule has 0 spiro atoms. The number of hydrogen-bond acceptors (Lipinski definition) is 11. The van der Waals surface area contributed by atoms with Crippen molar-refractivity contribution < 1.29 is 41.7 Å². The number of esters is 2. The van der Waals surface area contributed by atoms with Gasteiger partial charge in [-0.15, -0.1) is 0 Å². The second kappa shape index (κ2) is 15.7. The number of nitrogens with zero attached hydrogens (tertiary/aromatic N) is 3. The number of methoxy groups -OCH3 is 2. The molecule has 0 radical (unpaired) electrons. The summed E-state index contributed by atoms with van der Waals surface area (Å²) in [7, 11) is -0.734. The van der Waals surface area contributed by atoms with Crippen LogP contribution in [-0.4, -0.2) is 101 Å². The predicted molar refractivity (Wildman–Crippen MR) is 176 cm³/mol. The molecule has 3 heterocycles. The highest BCUT2D eigenvalue weighted by molar-refractivity contribution is 7.89. The minimum Gasteiger partial charge on any atom is -0.460 e. The van der Waals surface area contributed by atoms with E-state index in [1.165, 1.54) is 30.7 Å². The van der Waals surface area contributed by atoms with Crippen molar-refractivity contribution in [3.8, 4) is 16.9 Å². The molecule has 2 aliphatic rings. The first-order valence-corrected chi connectivity index (χ1v) is 16.9. The molecule has 1 aromatic heterocycles.